The average Bonchev–Trinajstić information content (AvgIpc) is 3.22. The molecule has 3 aromatic heterocycles. The molecule has 4 heterocycles. The van der Waals surface area contributed by atoms with Crippen LogP contribution in [-0.4, -0.2) is 24.5 Å². The first-order valence-corrected chi connectivity index (χ1v) is 10.2. The van der Waals surface area contributed by atoms with Crippen LogP contribution in [0.2, 0.25) is 0 Å². The fourth-order valence-corrected chi connectivity index (χ4v) is 4.19. The monoisotopic (exact) mass is 418 g/mol. The summed E-state index contributed by atoms with van der Waals surface area (Å²) < 4.78 is 23.1. The minimum atomic E-state index is -1.17. The maximum atomic E-state index is 15.0. The van der Waals surface area contributed by atoms with Crippen molar-refractivity contribution in [3.63, 3.8) is 0 Å². The summed E-state index contributed by atoms with van der Waals surface area (Å²) in [6.07, 6.45) is 4.45. The third kappa shape index (κ3) is 3.21. The highest BCUT2D eigenvalue weighted by atomic mass is 19.1. The highest BCUT2D eigenvalue weighted by Crippen LogP contribution is 2.43. The fraction of sp³-hybridized carbons (Fsp3) is 0.292. The van der Waals surface area contributed by atoms with Crippen LogP contribution >= 0.6 is 0 Å². The predicted octanol–water partition coefficient (Wildman–Crippen LogP) is 4.65. The summed E-state index contributed by atoms with van der Waals surface area (Å²) in [5.74, 6) is -0.133. The van der Waals surface area contributed by atoms with Gasteiger partial charge in [0.25, 0.3) is 0 Å². The molecule has 1 unspecified atom stereocenters. The van der Waals surface area contributed by atoms with Crippen molar-refractivity contribution in [2.45, 2.75) is 45.5 Å². The van der Waals surface area contributed by atoms with Crippen molar-refractivity contribution in [3.05, 3.63) is 83.1 Å². The van der Waals surface area contributed by atoms with Gasteiger partial charge >= 0.3 is 0 Å². The molecule has 4 aromatic rings. The lowest BCUT2D eigenvalue weighted by Gasteiger charge is -2.16. The lowest BCUT2D eigenvalue weighted by molar-refractivity contribution is 0.0423. The number of pyridine rings is 1. The van der Waals surface area contributed by atoms with E-state index in [1.165, 1.54) is 18.5 Å². The van der Waals surface area contributed by atoms with Crippen molar-refractivity contribution in [1.82, 2.24) is 19.4 Å². The molecule has 7 heteroatoms. The van der Waals surface area contributed by atoms with E-state index in [1.807, 2.05) is 30.4 Å². The third-order valence-corrected chi connectivity index (χ3v) is 5.75. The zero-order chi connectivity index (χ0) is 21.9. The number of hydrogen-bond donors (Lipinski definition) is 1. The molecule has 0 bridgehead atoms. The molecule has 2 atom stereocenters. The summed E-state index contributed by atoms with van der Waals surface area (Å²) >= 11 is 0. The molecular weight excluding hydrogens is 395 g/mol. The van der Waals surface area contributed by atoms with Crippen LogP contribution in [0.15, 0.2) is 48.9 Å². The standard InChI is InChI=1S/C24H23FN4O2/c1-13-21(22-17-8-6-5-7-16(17)14(2)31-22)29-12-18(19(25)9-20(29)28-13)15-10-26-23(27-11-15)24(3,4)30/h5-12,14,22,30H,1-4H3/t14-,22?/m1/s1. The molecule has 158 valence electrons. The normalized spacial score (nSPS) is 18.5. The first-order valence-electron chi connectivity index (χ1n) is 10.2. The van der Waals surface area contributed by atoms with Crippen LogP contribution in [0.1, 0.15) is 61.3 Å². The van der Waals surface area contributed by atoms with E-state index in [2.05, 4.69) is 27.1 Å². The lowest BCUT2D eigenvalue weighted by atomic mass is 10.00. The van der Waals surface area contributed by atoms with E-state index in [0.29, 0.717) is 16.8 Å². The fourth-order valence-electron chi connectivity index (χ4n) is 4.19. The van der Waals surface area contributed by atoms with Crippen molar-refractivity contribution >= 4 is 5.65 Å². The summed E-state index contributed by atoms with van der Waals surface area (Å²) in [6.45, 7) is 7.16. The number of aryl methyl sites for hydroxylation is 1. The minimum Gasteiger partial charge on any atom is -0.382 e. The Labute approximate surface area is 179 Å². The molecule has 1 aliphatic heterocycles. The van der Waals surface area contributed by atoms with E-state index < -0.39 is 11.4 Å². The Balaban J connectivity index is 1.65. The quantitative estimate of drug-likeness (QED) is 0.524. The zero-order valence-corrected chi connectivity index (χ0v) is 17.8. The SMILES string of the molecule is Cc1nc2cc(F)c(-c3cnc(C(C)(C)O)nc3)cn2c1C1O[C@H](C)c2ccccc21. The Morgan fingerprint density at radius 3 is 2.48 bits per heavy atom. The average molecular weight is 418 g/mol. The Hall–Kier alpha value is -3.16. The van der Waals surface area contributed by atoms with Crippen molar-refractivity contribution in [3.8, 4) is 11.1 Å². The van der Waals surface area contributed by atoms with Gasteiger partial charge in [-0.15, -0.1) is 0 Å². The Morgan fingerprint density at radius 2 is 1.81 bits per heavy atom. The number of rotatable bonds is 3. The Kier molecular flexibility index (Phi) is 4.42. The maximum Gasteiger partial charge on any atom is 0.159 e. The van der Waals surface area contributed by atoms with E-state index in [-0.39, 0.29) is 18.0 Å². The van der Waals surface area contributed by atoms with Crippen LogP contribution in [-0.2, 0) is 10.3 Å². The van der Waals surface area contributed by atoms with Crippen molar-refractivity contribution < 1.29 is 14.2 Å². The van der Waals surface area contributed by atoms with E-state index in [1.54, 1.807) is 20.0 Å². The number of halogens is 1. The number of nitrogens with zero attached hydrogens (tertiary/aromatic N) is 4. The number of hydrogen-bond acceptors (Lipinski definition) is 5. The molecule has 0 saturated carbocycles. The van der Waals surface area contributed by atoms with E-state index >= 15 is 0 Å². The second-order valence-electron chi connectivity index (χ2n) is 8.49. The van der Waals surface area contributed by atoms with Gasteiger partial charge in [0.05, 0.1) is 17.5 Å². The van der Waals surface area contributed by atoms with E-state index in [4.69, 9.17) is 4.74 Å². The highest BCUT2D eigenvalue weighted by Gasteiger charge is 2.33. The van der Waals surface area contributed by atoms with Gasteiger partial charge in [-0.25, -0.2) is 19.3 Å². The van der Waals surface area contributed by atoms with Gasteiger partial charge in [0.1, 0.15) is 23.2 Å². The molecule has 5 rings (SSSR count). The van der Waals surface area contributed by atoms with Gasteiger partial charge in [-0.2, -0.15) is 0 Å². The third-order valence-electron chi connectivity index (χ3n) is 5.75. The van der Waals surface area contributed by atoms with Crippen LogP contribution in [0.4, 0.5) is 4.39 Å². The van der Waals surface area contributed by atoms with E-state index in [9.17, 15) is 9.50 Å². The van der Waals surface area contributed by atoms with Crippen LogP contribution in [0.5, 0.6) is 0 Å². The number of aromatic nitrogens is 4. The van der Waals surface area contributed by atoms with Gasteiger partial charge < -0.3 is 9.84 Å². The first kappa shape index (κ1) is 19.8. The molecule has 1 N–H and O–H groups in total. The Bertz CT molecular complexity index is 1290. The summed E-state index contributed by atoms with van der Waals surface area (Å²) in [5, 5.41) is 10.1. The van der Waals surface area contributed by atoms with Gasteiger partial charge in [0.15, 0.2) is 5.82 Å². The van der Waals surface area contributed by atoms with E-state index in [0.717, 1.165) is 22.5 Å². The molecule has 31 heavy (non-hydrogen) atoms. The van der Waals surface area contributed by atoms with Gasteiger partial charge in [0, 0.05) is 35.8 Å². The number of aliphatic hydroxyl groups is 1. The van der Waals surface area contributed by atoms with Crippen LogP contribution < -0.4 is 0 Å². The minimum absolute atomic E-state index is 0.0335. The molecule has 0 saturated heterocycles. The van der Waals surface area contributed by atoms with Crippen LogP contribution in [0.3, 0.4) is 0 Å². The van der Waals surface area contributed by atoms with Crippen molar-refractivity contribution in [2.24, 2.45) is 0 Å². The van der Waals surface area contributed by atoms with Gasteiger partial charge in [-0.3, -0.25) is 4.40 Å². The van der Waals surface area contributed by atoms with Crippen LogP contribution in [0, 0.1) is 12.7 Å². The molecule has 0 aliphatic carbocycles. The number of fused-ring (bicyclic) bond motifs is 2. The molecule has 1 aliphatic rings. The summed E-state index contributed by atoms with van der Waals surface area (Å²) in [6, 6.07) is 9.56. The second-order valence-corrected chi connectivity index (χ2v) is 8.49. The van der Waals surface area contributed by atoms with Crippen LogP contribution in [0.25, 0.3) is 16.8 Å². The van der Waals surface area contributed by atoms with Crippen molar-refractivity contribution in [2.75, 3.05) is 0 Å². The Morgan fingerprint density at radius 1 is 1.13 bits per heavy atom. The van der Waals surface area contributed by atoms with Gasteiger partial charge in [-0.1, -0.05) is 24.3 Å². The lowest BCUT2D eigenvalue weighted by Crippen LogP contribution is -2.19. The number of ether oxygens (including phenoxy) is 1. The number of benzene rings is 1. The zero-order valence-electron chi connectivity index (χ0n) is 17.8. The number of imidazole rings is 1. The van der Waals surface area contributed by atoms with Gasteiger partial charge in [0.2, 0.25) is 0 Å². The molecule has 0 fully saturated rings. The molecular formula is C24H23FN4O2. The largest absolute Gasteiger partial charge is 0.382 e. The molecule has 1 aromatic carbocycles. The smallest absolute Gasteiger partial charge is 0.159 e. The first-order chi connectivity index (χ1) is 14.7. The van der Waals surface area contributed by atoms with Crippen molar-refractivity contribution in [1.29, 1.82) is 0 Å². The predicted molar refractivity (Wildman–Crippen MR) is 114 cm³/mol. The van der Waals surface area contributed by atoms with Gasteiger partial charge in [-0.05, 0) is 38.8 Å². The highest BCUT2D eigenvalue weighted by molar-refractivity contribution is 5.65. The summed E-state index contributed by atoms with van der Waals surface area (Å²) in [4.78, 5) is 13.0. The maximum absolute atomic E-state index is 15.0. The summed E-state index contributed by atoms with van der Waals surface area (Å²) in [5.41, 5.74) is 4.14. The topological polar surface area (TPSA) is 72.5 Å². The molecule has 0 spiro atoms. The molecule has 6 nitrogen and oxygen atoms in total. The summed E-state index contributed by atoms with van der Waals surface area (Å²) in [7, 11) is 0. The molecule has 0 radical (unpaired) electrons. The molecule has 0 amide bonds. The second kappa shape index (κ2) is 6.93.